The summed E-state index contributed by atoms with van der Waals surface area (Å²) in [5.74, 6) is 0.621. The molecule has 0 radical (unpaired) electrons. The molecule has 7 nitrogen and oxygen atoms in total. The zero-order chi connectivity index (χ0) is 69.1. The minimum absolute atomic E-state index is 0.143. The second-order valence-corrected chi connectivity index (χ2v) is 31.8. The van der Waals surface area contributed by atoms with Gasteiger partial charge >= 0.3 is 0 Å². The number of hydrogen-bond donors (Lipinski definition) is 0. The molecule has 0 N–H and O–H groups in total. The van der Waals surface area contributed by atoms with Gasteiger partial charge in [-0.15, -0.1) is 0 Å². The number of benzene rings is 11. The van der Waals surface area contributed by atoms with E-state index in [0.717, 1.165) is 134 Å². The van der Waals surface area contributed by atoms with E-state index in [1.165, 1.54) is 49.2 Å². The topological polar surface area (TPSA) is 58.4 Å². The fraction of sp³-hybridized carbons (Fsp3) is 0.194. The lowest BCUT2D eigenvalue weighted by Crippen LogP contribution is -2.17. The minimum atomic E-state index is -0.149. The van der Waals surface area contributed by atoms with Crippen molar-refractivity contribution in [2.75, 3.05) is 0 Å². The van der Waals surface area contributed by atoms with Crippen LogP contribution >= 0.6 is 0 Å². The van der Waals surface area contributed by atoms with Gasteiger partial charge in [0.2, 0.25) is 0 Å². The third-order valence-corrected chi connectivity index (χ3v) is 20.9. The summed E-state index contributed by atoms with van der Waals surface area (Å²) in [6, 6.07) is 93.6. The van der Waals surface area contributed by atoms with Gasteiger partial charge in [-0.25, -0.2) is 9.97 Å². The van der Waals surface area contributed by atoms with Crippen molar-refractivity contribution < 1.29 is 0 Å². The van der Waals surface area contributed by atoms with Gasteiger partial charge in [-0.2, -0.15) is 0 Å². The Morgan fingerprint density at radius 3 is 0.870 bits per heavy atom. The highest BCUT2D eigenvalue weighted by Crippen LogP contribution is 2.56. The smallest absolute Gasteiger partial charge is 0.160 e. The van der Waals surface area contributed by atoms with Crippen molar-refractivity contribution in [2.24, 2.45) is 0 Å². The van der Waals surface area contributed by atoms with Crippen LogP contribution in [0.15, 0.2) is 249 Å². The maximum atomic E-state index is 6.14. The standard InChI is InChI=1S/C93H83N7/c1-56-49-60(50-57(2)94-56)83-84(74-55-73(58-29-17-15-18-30-58)95-89(96-74)59-31-19-16-20-32-59)86(98-76-38-26-22-34-66(76)70-52-62(91(6,7)8)42-46-80(70)98)88(100-78-40-28-24-36-68(78)72-54-64(93(12,13)14)44-48-82(72)100)87(99-77-39-27-23-35-67(77)71-53-63(92(9,10)11)43-47-81(71)99)85(83)97-75-37-25-21-33-65(75)69-51-61(90(3,4)5)41-45-79(69)97/h15-55H,1-14H3. The largest absolute Gasteiger partial charge is 0.306 e. The summed E-state index contributed by atoms with van der Waals surface area (Å²) in [7, 11) is 0. The quantitative estimate of drug-likeness (QED) is 0.152. The van der Waals surface area contributed by atoms with Gasteiger partial charge in [-0.1, -0.05) is 241 Å². The van der Waals surface area contributed by atoms with E-state index in [2.05, 4.69) is 364 Å². The van der Waals surface area contributed by atoms with Gasteiger partial charge in [0, 0.05) is 76.7 Å². The lowest BCUT2D eigenvalue weighted by Gasteiger charge is -2.31. The summed E-state index contributed by atoms with van der Waals surface area (Å²) in [5.41, 5.74) is 25.3. The molecule has 0 aliphatic carbocycles. The van der Waals surface area contributed by atoms with Crippen molar-refractivity contribution in [1.29, 1.82) is 0 Å². The fourth-order valence-electron chi connectivity index (χ4n) is 15.8. The molecule has 0 aliphatic heterocycles. The van der Waals surface area contributed by atoms with Gasteiger partial charge in [-0.3, -0.25) is 4.98 Å². The van der Waals surface area contributed by atoms with E-state index in [1.807, 2.05) is 0 Å². The van der Waals surface area contributed by atoms with E-state index in [1.54, 1.807) is 0 Å². The molecule has 6 aromatic heterocycles. The van der Waals surface area contributed by atoms with Crippen LogP contribution in [-0.4, -0.2) is 33.2 Å². The SMILES string of the molecule is Cc1cc(-c2c(-c3cc(-c4ccccc4)nc(-c4ccccc4)n3)c(-n3c4ccccc4c4cc(C(C)(C)C)ccc43)c(-n3c4ccccc4c4cc(C(C)(C)C)ccc43)c(-n3c4ccccc4c4cc(C(C)(C)C)ccc43)c2-n2c3ccccc3c3cc(C(C)(C)C)ccc32)cc(C)n1. The number of fused-ring (bicyclic) bond motifs is 12. The number of hydrogen-bond acceptors (Lipinski definition) is 3. The molecule has 7 heteroatoms. The monoisotopic (exact) mass is 1300 g/mol. The molecule has 0 saturated heterocycles. The van der Waals surface area contributed by atoms with Crippen molar-refractivity contribution in [3.05, 3.63) is 282 Å². The molecule has 0 unspecified atom stereocenters. The zero-order valence-electron chi connectivity index (χ0n) is 59.8. The van der Waals surface area contributed by atoms with Crippen LogP contribution in [0.4, 0.5) is 0 Å². The first-order valence-corrected chi connectivity index (χ1v) is 35.3. The van der Waals surface area contributed by atoms with Crippen LogP contribution in [0.3, 0.4) is 0 Å². The molecule has 17 rings (SSSR count). The summed E-state index contributed by atoms with van der Waals surface area (Å²) in [5, 5.41) is 9.34. The maximum absolute atomic E-state index is 6.14. The molecule has 17 aromatic rings. The van der Waals surface area contributed by atoms with E-state index in [0.29, 0.717) is 5.82 Å². The summed E-state index contributed by atoms with van der Waals surface area (Å²) < 4.78 is 10.6. The number of pyridine rings is 1. The van der Waals surface area contributed by atoms with E-state index >= 15 is 0 Å². The molecule has 0 atom stereocenters. The van der Waals surface area contributed by atoms with Crippen LogP contribution in [-0.2, 0) is 21.7 Å². The molecule has 6 heterocycles. The highest BCUT2D eigenvalue weighted by atomic mass is 15.1. The van der Waals surface area contributed by atoms with Gasteiger partial charge < -0.3 is 18.3 Å². The van der Waals surface area contributed by atoms with E-state index in [9.17, 15) is 0 Å². The Hall–Kier alpha value is -11.2. The normalized spacial score (nSPS) is 12.7. The Labute approximate surface area is 585 Å². The first-order chi connectivity index (χ1) is 48.0. The van der Waals surface area contributed by atoms with E-state index < -0.39 is 0 Å². The molecule has 0 amide bonds. The highest BCUT2D eigenvalue weighted by molar-refractivity contribution is 6.19. The van der Waals surface area contributed by atoms with Crippen molar-refractivity contribution in [3.63, 3.8) is 0 Å². The Balaban J connectivity index is 1.26. The number of rotatable bonds is 8. The average molecular weight is 1300 g/mol. The fourth-order valence-corrected chi connectivity index (χ4v) is 15.8. The van der Waals surface area contributed by atoms with Crippen LogP contribution in [0.25, 0.3) is 155 Å². The Morgan fingerprint density at radius 1 is 0.230 bits per heavy atom. The first kappa shape index (κ1) is 62.4. The molecule has 0 fully saturated rings. The van der Waals surface area contributed by atoms with E-state index in [4.69, 9.17) is 15.0 Å². The highest BCUT2D eigenvalue weighted by Gasteiger charge is 2.38. The van der Waals surface area contributed by atoms with Gasteiger partial charge in [0.05, 0.1) is 78.3 Å². The molecule has 0 spiro atoms. The Morgan fingerprint density at radius 2 is 0.520 bits per heavy atom. The molecule has 11 aromatic carbocycles. The van der Waals surface area contributed by atoms with Crippen LogP contribution in [0, 0.1) is 13.8 Å². The summed E-state index contributed by atoms with van der Waals surface area (Å²) in [6.45, 7) is 32.2. The lowest BCUT2D eigenvalue weighted by molar-refractivity contribution is 0.591. The number of aromatic nitrogens is 7. The number of nitrogens with zero attached hydrogens (tertiary/aromatic N) is 7. The first-order valence-electron chi connectivity index (χ1n) is 35.3. The molecular weight excluding hydrogens is 1220 g/mol. The van der Waals surface area contributed by atoms with Crippen LogP contribution in [0.2, 0.25) is 0 Å². The van der Waals surface area contributed by atoms with Crippen molar-refractivity contribution in [2.45, 2.75) is 119 Å². The lowest BCUT2D eigenvalue weighted by atomic mass is 9.86. The van der Waals surface area contributed by atoms with E-state index in [-0.39, 0.29) is 21.7 Å². The van der Waals surface area contributed by atoms with Gasteiger partial charge in [-0.05, 0) is 154 Å². The predicted molar refractivity (Wildman–Crippen MR) is 423 cm³/mol. The molecule has 0 bridgehead atoms. The second kappa shape index (κ2) is 22.7. The Kier molecular flexibility index (Phi) is 14.2. The van der Waals surface area contributed by atoms with Gasteiger partial charge in [0.25, 0.3) is 0 Å². The summed E-state index contributed by atoms with van der Waals surface area (Å²) in [6.07, 6.45) is 0. The number of para-hydroxylation sites is 4. The third-order valence-electron chi connectivity index (χ3n) is 20.9. The maximum Gasteiger partial charge on any atom is 0.160 e. The van der Waals surface area contributed by atoms with Gasteiger partial charge in [0.1, 0.15) is 0 Å². The van der Waals surface area contributed by atoms with Crippen LogP contribution in [0.5, 0.6) is 0 Å². The molecule has 490 valence electrons. The second-order valence-electron chi connectivity index (χ2n) is 31.8. The summed E-state index contributed by atoms with van der Waals surface area (Å²) in [4.78, 5) is 17.0. The third kappa shape index (κ3) is 10.0. The van der Waals surface area contributed by atoms with Crippen molar-refractivity contribution >= 4 is 87.2 Å². The predicted octanol–water partition coefficient (Wildman–Crippen LogP) is 24.7. The zero-order valence-corrected chi connectivity index (χ0v) is 59.8. The average Bonchev–Trinajstić information content (AvgIpc) is 1.45. The molecule has 0 saturated carbocycles. The van der Waals surface area contributed by atoms with Gasteiger partial charge in [0.15, 0.2) is 5.82 Å². The number of aryl methyl sites for hydroxylation is 2. The van der Waals surface area contributed by atoms with Crippen molar-refractivity contribution in [1.82, 2.24) is 33.2 Å². The molecular formula is C93H83N7. The summed E-state index contributed by atoms with van der Waals surface area (Å²) >= 11 is 0. The molecule has 0 aliphatic rings. The van der Waals surface area contributed by atoms with Crippen LogP contribution in [0.1, 0.15) is 117 Å². The van der Waals surface area contributed by atoms with Crippen LogP contribution < -0.4 is 0 Å². The molecule has 100 heavy (non-hydrogen) atoms. The minimum Gasteiger partial charge on any atom is -0.306 e. The van der Waals surface area contributed by atoms with Crippen molar-refractivity contribution in [3.8, 4) is 67.8 Å². The Bertz CT molecular complexity index is 6120.